The molecule has 1 fully saturated rings. The van der Waals surface area contributed by atoms with Crippen LogP contribution in [0.4, 0.5) is 0 Å². The van der Waals surface area contributed by atoms with Gasteiger partial charge in [0.25, 0.3) is 0 Å². The van der Waals surface area contributed by atoms with Gasteiger partial charge in [0.05, 0.1) is 6.10 Å². The van der Waals surface area contributed by atoms with Gasteiger partial charge in [0, 0.05) is 13.1 Å². The monoisotopic (exact) mass is 228 g/mol. The summed E-state index contributed by atoms with van der Waals surface area (Å²) in [5.41, 5.74) is 0. The van der Waals surface area contributed by atoms with Crippen molar-refractivity contribution in [3.05, 3.63) is 0 Å². The Labute approximate surface area is 100 Å². The fourth-order valence-electron chi connectivity index (χ4n) is 2.48. The lowest BCUT2D eigenvalue weighted by Crippen LogP contribution is -2.42. The van der Waals surface area contributed by atoms with E-state index in [4.69, 9.17) is 0 Å². The van der Waals surface area contributed by atoms with E-state index in [1.165, 1.54) is 19.5 Å². The molecule has 0 bridgehead atoms. The van der Waals surface area contributed by atoms with Crippen LogP contribution in [0, 0.1) is 5.92 Å². The van der Waals surface area contributed by atoms with Crippen LogP contribution in [0.3, 0.4) is 0 Å². The van der Waals surface area contributed by atoms with Crippen molar-refractivity contribution < 1.29 is 5.11 Å². The van der Waals surface area contributed by atoms with Gasteiger partial charge in [0.2, 0.25) is 0 Å². The Bertz CT molecular complexity index is 183. The second-order valence-electron chi connectivity index (χ2n) is 5.01. The minimum Gasteiger partial charge on any atom is -0.393 e. The van der Waals surface area contributed by atoms with Gasteiger partial charge in [-0.15, -0.1) is 0 Å². The Morgan fingerprint density at radius 2 is 2.00 bits per heavy atom. The van der Waals surface area contributed by atoms with Crippen LogP contribution >= 0.6 is 0 Å². The van der Waals surface area contributed by atoms with Crippen LogP contribution in [0.2, 0.25) is 0 Å². The Balaban J connectivity index is 2.13. The second kappa shape index (κ2) is 7.25. The molecule has 16 heavy (non-hydrogen) atoms. The van der Waals surface area contributed by atoms with E-state index in [0.717, 1.165) is 32.6 Å². The van der Waals surface area contributed by atoms with Gasteiger partial charge in [0.1, 0.15) is 0 Å². The Morgan fingerprint density at radius 1 is 1.31 bits per heavy atom. The molecular weight excluding hydrogens is 200 g/mol. The number of aliphatic hydroxyl groups is 1. The quantitative estimate of drug-likeness (QED) is 0.745. The summed E-state index contributed by atoms with van der Waals surface area (Å²) >= 11 is 0. The summed E-state index contributed by atoms with van der Waals surface area (Å²) in [5.74, 6) is 0.446. The third-order valence-corrected chi connectivity index (χ3v) is 3.79. The van der Waals surface area contributed by atoms with Crippen molar-refractivity contribution in [3.63, 3.8) is 0 Å². The van der Waals surface area contributed by atoms with Gasteiger partial charge in [0.15, 0.2) is 0 Å². The summed E-state index contributed by atoms with van der Waals surface area (Å²) in [5, 5.41) is 9.65. The molecule has 0 aliphatic carbocycles. The first-order valence-electron chi connectivity index (χ1n) is 6.80. The Hall–Kier alpha value is -0.120. The van der Waals surface area contributed by atoms with Gasteiger partial charge in [-0.2, -0.15) is 0 Å². The first kappa shape index (κ1) is 13.9. The van der Waals surface area contributed by atoms with Crippen molar-refractivity contribution in [1.29, 1.82) is 0 Å². The van der Waals surface area contributed by atoms with E-state index in [-0.39, 0.29) is 6.10 Å². The summed E-state index contributed by atoms with van der Waals surface area (Å²) in [6.07, 6.45) is 2.13. The highest BCUT2D eigenvalue weighted by Crippen LogP contribution is 2.16. The molecule has 1 N–H and O–H groups in total. The van der Waals surface area contributed by atoms with E-state index in [2.05, 4.69) is 30.6 Å². The summed E-state index contributed by atoms with van der Waals surface area (Å²) in [6.45, 7) is 13.5. The SMILES string of the molecule is CCN(CC)CCCN1CC[C@H](O)[C@@H](C)C1. The summed E-state index contributed by atoms with van der Waals surface area (Å²) in [7, 11) is 0. The van der Waals surface area contributed by atoms with Crippen molar-refractivity contribution in [1.82, 2.24) is 9.80 Å². The van der Waals surface area contributed by atoms with Crippen LogP contribution in [0.5, 0.6) is 0 Å². The largest absolute Gasteiger partial charge is 0.393 e. The molecule has 0 unspecified atom stereocenters. The second-order valence-corrected chi connectivity index (χ2v) is 5.01. The topological polar surface area (TPSA) is 26.7 Å². The molecule has 1 heterocycles. The summed E-state index contributed by atoms with van der Waals surface area (Å²) in [6, 6.07) is 0. The molecule has 0 radical (unpaired) electrons. The van der Waals surface area contributed by atoms with E-state index in [1.54, 1.807) is 0 Å². The molecule has 0 spiro atoms. The molecule has 2 atom stereocenters. The molecule has 1 aliphatic rings. The number of piperidine rings is 1. The number of hydrogen-bond acceptors (Lipinski definition) is 3. The molecule has 0 saturated carbocycles. The first-order chi connectivity index (χ1) is 7.67. The Kier molecular flexibility index (Phi) is 6.32. The fourth-order valence-corrected chi connectivity index (χ4v) is 2.48. The standard InChI is InChI=1S/C13H28N2O/c1-4-14(5-2)8-6-9-15-10-7-13(16)12(3)11-15/h12-13,16H,4-11H2,1-3H3/t12-,13-/m0/s1. The average Bonchev–Trinajstić information content (AvgIpc) is 2.29. The van der Waals surface area contributed by atoms with Crippen molar-refractivity contribution in [2.24, 2.45) is 5.92 Å². The molecule has 0 aromatic rings. The molecule has 0 aromatic heterocycles. The zero-order valence-electron chi connectivity index (χ0n) is 11.2. The van der Waals surface area contributed by atoms with E-state index >= 15 is 0 Å². The number of likely N-dealkylation sites (tertiary alicyclic amines) is 1. The minimum atomic E-state index is -0.0703. The number of aliphatic hydroxyl groups excluding tert-OH is 1. The smallest absolute Gasteiger partial charge is 0.0590 e. The highest BCUT2D eigenvalue weighted by atomic mass is 16.3. The first-order valence-corrected chi connectivity index (χ1v) is 6.80. The zero-order valence-corrected chi connectivity index (χ0v) is 11.2. The molecule has 3 heteroatoms. The molecule has 1 rings (SSSR count). The number of nitrogens with zero attached hydrogens (tertiary/aromatic N) is 2. The van der Waals surface area contributed by atoms with E-state index < -0.39 is 0 Å². The Morgan fingerprint density at radius 3 is 2.56 bits per heavy atom. The molecule has 1 aliphatic heterocycles. The highest BCUT2D eigenvalue weighted by molar-refractivity contribution is 4.77. The summed E-state index contributed by atoms with van der Waals surface area (Å²) in [4.78, 5) is 4.98. The maximum atomic E-state index is 9.65. The zero-order chi connectivity index (χ0) is 12.0. The predicted octanol–water partition coefficient (Wildman–Crippen LogP) is 1.42. The van der Waals surface area contributed by atoms with Crippen molar-refractivity contribution >= 4 is 0 Å². The van der Waals surface area contributed by atoms with Crippen LogP contribution in [0.1, 0.15) is 33.6 Å². The minimum absolute atomic E-state index is 0.0703. The lowest BCUT2D eigenvalue weighted by atomic mass is 9.97. The molecule has 3 nitrogen and oxygen atoms in total. The summed E-state index contributed by atoms with van der Waals surface area (Å²) < 4.78 is 0. The van der Waals surface area contributed by atoms with Crippen LogP contribution < -0.4 is 0 Å². The molecule has 1 saturated heterocycles. The number of hydrogen-bond donors (Lipinski definition) is 1. The normalized spacial score (nSPS) is 27.6. The molecule has 0 aromatic carbocycles. The predicted molar refractivity (Wildman–Crippen MR) is 68.6 cm³/mol. The van der Waals surface area contributed by atoms with Gasteiger partial charge in [-0.05, 0) is 44.9 Å². The van der Waals surface area contributed by atoms with Gasteiger partial charge < -0.3 is 14.9 Å². The molecular formula is C13H28N2O. The average molecular weight is 228 g/mol. The van der Waals surface area contributed by atoms with Gasteiger partial charge in [-0.25, -0.2) is 0 Å². The van der Waals surface area contributed by atoms with Crippen molar-refractivity contribution in [2.45, 2.75) is 39.7 Å². The van der Waals surface area contributed by atoms with E-state index in [0.29, 0.717) is 5.92 Å². The van der Waals surface area contributed by atoms with E-state index in [9.17, 15) is 5.11 Å². The highest BCUT2D eigenvalue weighted by Gasteiger charge is 2.23. The molecule has 0 amide bonds. The lowest BCUT2D eigenvalue weighted by Gasteiger charge is -2.34. The van der Waals surface area contributed by atoms with Gasteiger partial charge in [-0.1, -0.05) is 20.8 Å². The third kappa shape index (κ3) is 4.40. The fraction of sp³-hybridized carbons (Fsp3) is 1.00. The molecule has 96 valence electrons. The lowest BCUT2D eigenvalue weighted by molar-refractivity contribution is 0.0338. The van der Waals surface area contributed by atoms with Crippen molar-refractivity contribution in [2.75, 3.05) is 39.3 Å². The van der Waals surface area contributed by atoms with Crippen LogP contribution in [-0.2, 0) is 0 Å². The van der Waals surface area contributed by atoms with E-state index in [1.807, 2.05) is 0 Å². The van der Waals surface area contributed by atoms with Crippen LogP contribution in [-0.4, -0.2) is 60.3 Å². The van der Waals surface area contributed by atoms with Crippen LogP contribution in [0.15, 0.2) is 0 Å². The maximum absolute atomic E-state index is 9.65. The third-order valence-electron chi connectivity index (χ3n) is 3.79. The van der Waals surface area contributed by atoms with Crippen LogP contribution in [0.25, 0.3) is 0 Å². The van der Waals surface area contributed by atoms with Gasteiger partial charge >= 0.3 is 0 Å². The maximum Gasteiger partial charge on any atom is 0.0590 e. The van der Waals surface area contributed by atoms with Crippen molar-refractivity contribution in [3.8, 4) is 0 Å². The number of rotatable bonds is 6. The van der Waals surface area contributed by atoms with Gasteiger partial charge in [-0.3, -0.25) is 0 Å².